The number of hydrogen-bond donors (Lipinski definition) is 2. The summed E-state index contributed by atoms with van der Waals surface area (Å²) in [4.78, 5) is 26.4. The van der Waals surface area contributed by atoms with Crippen LogP contribution in [0.25, 0.3) is 0 Å². The summed E-state index contributed by atoms with van der Waals surface area (Å²) in [5, 5.41) is 3.04. The average molecular weight is 312 g/mol. The van der Waals surface area contributed by atoms with Gasteiger partial charge in [-0.3, -0.25) is 4.79 Å². The minimum absolute atomic E-state index is 0.0236. The number of hydrogen-bond acceptors (Lipinski definition) is 6. The highest BCUT2D eigenvalue weighted by atomic mass is 16.2. The van der Waals surface area contributed by atoms with Crippen molar-refractivity contribution in [3.63, 3.8) is 0 Å². The van der Waals surface area contributed by atoms with Crippen LogP contribution in [-0.2, 0) is 0 Å². The van der Waals surface area contributed by atoms with Gasteiger partial charge in [0.25, 0.3) is 5.91 Å². The van der Waals surface area contributed by atoms with Gasteiger partial charge in [0.2, 0.25) is 17.7 Å². The smallest absolute Gasteiger partial charge is 0.289 e. The average Bonchev–Trinajstić information content (AvgIpc) is 3.37. The normalized spacial score (nSPS) is 15.0. The van der Waals surface area contributed by atoms with E-state index in [1.54, 1.807) is 19.0 Å². The second-order valence-electron chi connectivity index (χ2n) is 5.91. The Morgan fingerprint density at radius 3 is 2.52 bits per heavy atom. The van der Waals surface area contributed by atoms with Crippen molar-refractivity contribution in [3.8, 4) is 0 Å². The maximum Gasteiger partial charge on any atom is 0.289 e. The molecule has 7 nitrogen and oxygen atoms in total. The van der Waals surface area contributed by atoms with Crippen molar-refractivity contribution in [2.45, 2.75) is 18.9 Å². The molecule has 3 rings (SSSR count). The van der Waals surface area contributed by atoms with Crippen molar-refractivity contribution in [1.29, 1.82) is 0 Å². The Kier molecular flexibility index (Phi) is 4.10. The molecule has 1 atom stereocenters. The van der Waals surface area contributed by atoms with Crippen LogP contribution in [0.2, 0.25) is 0 Å². The molecule has 120 valence electrons. The molecule has 0 bridgehead atoms. The largest absolute Gasteiger partial charge is 0.368 e. The number of nitrogens with two attached hydrogens (primary N) is 1. The molecule has 0 radical (unpaired) electrons. The number of nitrogen functional groups attached to an aromatic ring is 1. The third kappa shape index (κ3) is 3.56. The number of nitrogens with zero attached hydrogens (tertiary/aromatic N) is 4. The molecule has 1 aromatic heterocycles. The number of anilines is 2. The molecule has 1 fully saturated rings. The summed E-state index contributed by atoms with van der Waals surface area (Å²) in [6.07, 6.45) is 2.23. The number of rotatable bonds is 5. The first-order valence-corrected chi connectivity index (χ1v) is 7.59. The number of benzene rings is 1. The van der Waals surface area contributed by atoms with Crippen LogP contribution in [0.5, 0.6) is 0 Å². The predicted octanol–water partition coefficient (Wildman–Crippen LogP) is 1.40. The Hall–Kier alpha value is -2.70. The van der Waals surface area contributed by atoms with Crippen molar-refractivity contribution in [2.24, 2.45) is 5.92 Å². The van der Waals surface area contributed by atoms with Gasteiger partial charge in [-0.15, -0.1) is 0 Å². The first kappa shape index (κ1) is 15.2. The van der Waals surface area contributed by atoms with Gasteiger partial charge in [0.05, 0.1) is 6.04 Å². The molecule has 0 spiro atoms. The summed E-state index contributed by atoms with van der Waals surface area (Å²) < 4.78 is 0. The zero-order chi connectivity index (χ0) is 16.4. The van der Waals surface area contributed by atoms with Crippen LogP contribution in [-0.4, -0.2) is 35.0 Å². The summed E-state index contributed by atoms with van der Waals surface area (Å²) in [6.45, 7) is 0. The lowest BCUT2D eigenvalue weighted by Crippen LogP contribution is -2.32. The highest BCUT2D eigenvalue weighted by Crippen LogP contribution is 2.41. The SMILES string of the molecule is CN(C)c1nc(N)nc(C(=O)N[C@H](c2ccccc2)C2CC2)n1. The second-order valence-corrected chi connectivity index (χ2v) is 5.91. The van der Waals surface area contributed by atoms with Crippen LogP contribution in [0.4, 0.5) is 11.9 Å². The molecule has 1 heterocycles. The summed E-state index contributed by atoms with van der Waals surface area (Å²) in [6, 6.07) is 9.94. The molecule has 0 aliphatic heterocycles. The van der Waals surface area contributed by atoms with Crippen molar-refractivity contribution >= 4 is 17.8 Å². The maximum absolute atomic E-state index is 12.5. The van der Waals surface area contributed by atoms with Crippen LogP contribution in [0.3, 0.4) is 0 Å². The number of amides is 1. The Bertz CT molecular complexity index is 699. The van der Waals surface area contributed by atoms with Gasteiger partial charge in [-0.05, 0) is 24.3 Å². The molecule has 0 saturated heterocycles. The number of nitrogens with one attached hydrogen (secondary N) is 1. The van der Waals surface area contributed by atoms with Crippen LogP contribution in [0.15, 0.2) is 30.3 Å². The van der Waals surface area contributed by atoms with E-state index >= 15 is 0 Å². The van der Waals surface area contributed by atoms with E-state index in [4.69, 9.17) is 5.73 Å². The summed E-state index contributed by atoms with van der Waals surface area (Å²) in [7, 11) is 3.57. The van der Waals surface area contributed by atoms with Crippen molar-refractivity contribution in [1.82, 2.24) is 20.3 Å². The van der Waals surface area contributed by atoms with E-state index in [0.29, 0.717) is 11.9 Å². The van der Waals surface area contributed by atoms with Crippen LogP contribution >= 0.6 is 0 Å². The lowest BCUT2D eigenvalue weighted by Gasteiger charge is -2.18. The van der Waals surface area contributed by atoms with E-state index in [9.17, 15) is 4.79 Å². The molecule has 23 heavy (non-hydrogen) atoms. The summed E-state index contributed by atoms with van der Waals surface area (Å²) in [5.74, 6) is 0.585. The fourth-order valence-electron chi connectivity index (χ4n) is 2.45. The summed E-state index contributed by atoms with van der Waals surface area (Å²) >= 11 is 0. The zero-order valence-electron chi connectivity index (χ0n) is 13.2. The molecule has 1 amide bonds. The Labute approximate surface area is 135 Å². The van der Waals surface area contributed by atoms with Gasteiger partial charge in [-0.25, -0.2) is 0 Å². The minimum atomic E-state index is -0.331. The Balaban J connectivity index is 1.82. The predicted molar refractivity (Wildman–Crippen MR) is 87.9 cm³/mol. The highest BCUT2D eigenvalue weighted by Gasteiger charge is 2.34. The first-order chi connectivity index (χ1) is 11.0. The van der Waals surface area contributed by atoms with Gasteiger partial charge in [0.15, 0.2) is 0 Å². The van der Waals surface area contributed by atoms with Crippen LogP contribution in [0.1, 0.15) is 35.1 Å². The standard InChI is InChI=1S/C16H20N6O/c1-22(2)16-20-13(19-15(17)21-16)14(23)18-12(11-8-9-11)10-6-4-3-5-7-10/h3-7,11-12H,8-9H2,1-2H3,(H,18,23)(H2,17,19,20,21)/t12-/m1/s1. The molecular formula is C16H20N6O. The lowest BCUT2D eigenvalue weighted by atomic mass is 10.0. The third-order valence-corrected chi connectivity index (χ3v) is 3.78. The first-order valence-electron chi connectivity index (χ1n) is 7.59. The van der Waals surface area contributed by atoms with E-state index in [-0.39, 0.29) is 23.7 Å². The number of carbonyl (C=O) groups is 1. The molecule has 3 N–H and O–H groups in total. The van der Waals surface area contributed by atoms with Gasteiger partial charge in [0, 0.05) is 14.1 Å². The third-order valence-electron chi connectivity index (χ3n) is 3.78. The zero-order valence-corrected chi connectivity index (χ0v) is 13.2. The van der Waals surface area contributed by atoms with Crippen molar-refractivity contribution < 1.29 is 4.79 Å². The monoisotopic (exact) mass is 312 g/mol. The molecule has 7 heteroatoms. The molecular weight excluding hydrogens is 292 g/mol. The van der Waals surface area contributed by atoms with Gasteiger partial charge >= 0.3 is 0 Å². The molecule has 1 aliphatic carbocycles. The molecule has 1 saturated carbocycles. The van der Waals surface area contributed by atoms with E-state index < -0.39 is 0 Å². The van der Waals surface area contributed by atoms with E-state index in [0.717, 1.165) is 18.4 Å². The van der Waals surface area contributed by atoms with Crippen molar-refractivity contribution in [2.75, 3.05) is 24.7 Å². The number of aromatic nitrogens is 3. The van der Waals surface area contributed by atoms with Gasteiger partial charge in [-0.2, -0.15) is 15.0 Å². The highest BCUT2D eigenvalue weighted by molar-refractivity contribution is 5.91. The molecule has 2 aromatic rings. The lowest BCUT2D eigenvalue weighted by molar-refractivity contribution is 0.0921. The fourth-order valence-corrected chi connectivity index (χ4v) is 2.45. The molecule has 1 aliphatic rings. The van der Waals surface area contributed by atoms with Gasteiger partial charge in [-0.1, -0.05) is 30.3 Å². The van der Waals surface area contributed by atoms with Crippen LogP contribution in [0, 0.1) is 5.92 Å². The van der Waals surface area contributed by atoms with Gasteiger partial charge in [0.1, 0.15) is 0 Å². The minimum Gasteiger partial charge on any atom is -0.368 e. The van der Waals surface area contributed by atoms with E-state index in [1.807, 2.05) is 30.3 Å². The molecule has 1 aromatic carbocycles. The van der Waals surface area contributed by atoms with Crippen LogP contribution < -0.4 is 16.0 Å². The Morgan fingerprint density at radius 1 is 1.22 bits per heavy atom. The topological polar surface area (TPSA) is 97.0 Å². The summed E-state index contributed by atoms with van der Waals surface area (Å²) in [5.41, 5.74) is 6.78. The molecule has 0 unspecified atom stereocenters. The quantitative estimate of drug-likeness (QED) is 0.866. The van der Waals surface area contributed by atoms with E-state index in [2.05, 4.69) is 20.3 Å². The Morgan fingerprint density at radius 2 is 1.91 bits per heavy atom. The number of carbonyl (C=O) groups excluding carboxylic acids is 1. The second kappa shape index (κ2) is 6.20. The maximum atomic E-state index is 12.5. The van der Waals surface area contributed by atoms with Crippen molar-refractivity contribution in [3.05, 3.63) is 41.7 Å². The fraction of sp³-hybridized carbons (Fsp3) is 0.375. The van der Waals surface area contributed by atoms with Gasteiger partial charge < -0.3 is 16.0 Å². The van der Waals surface area contributed by atoms with E-state index in [1.165, 1.54) is 0 Å².